The van der Waals surface area contributed by atoms with E-state index < -0.39 is 6.17 Å². The Bertz CT molecular complexity index is 1360. The van der Waals surface area contributed by atoms with Crippen LogP contribution in [0.5, 0.6) is 0 Å². The van der Waals surface area contributed by atoms with Crippen molar-refractivity contribution in [2.24, 2.45) is 0 Å². The zero-order valence-electron chi connectivity index (χ0n) is 18.9. The second kappa shape index (κ2) is 9.81. The normalized spacial score (nSPS) is 14.5. The molecule has 0 fully saturated rings. The number of nitrogens with one attached hydrogen (secondary N) is 2. The lowest BCUT2D eigenvalue weighted by Crippen LogP contribution is -2.32. The molecule has 0 saturated carbocycles. The summed E-state index contributed by atoms with van der Waals surface area (Å²) in [6, 6.07) is 30.6. The van der Waals surface area contributed by atoms with Gasteiger partial charge in [-0.1, -0.05) is 66.7 Å². The zero-order chi connectivity index (χ0) is 24.2. The standard InChI is InChI=1S/C29H24FN3O2/c30-23-15-13-21(14-16-23)19-33-27(25-11-4-5-12-26(25)29(33)35)32-24-10-6-9-22(17-24)28(34)31-18-20-7-2-1-3-8-20/h1-17,27,32H,18-19H2,(H,31,34). The van der Waals surface area contributed by atoms with Gasteiger partial charge in [0.25, 0.3) is 11.8 Å². The van der Waals surface area contributed by atoms with E-state index in [-0.39, 0.29) is 17.6 Å². The molecule has 0 aliphatic carbocycles. The van der Waals surface area contributed by atoms with Crippen LogP contribution in [0.4, 0.5) is 10.1 Å². The monoisotopic (exact) mass is 465 g/mol. The summed E-state index contributed by atoms with van der Waals surface area (Å²) in [4.78, 5) is 27.7. The van der Waals surface area contributed by atoms with E-state index in [9.17, 15) is 14.0 Å². The molecule has 1 atom stereocenters. The number of rotatable bonds is 7. The van der Waals surface area contributed by atoms with E-state index in [4.69, 9.17) is 0 Å². The number of hydrogen-bond donors (Lipinski definition) is 2. The minimum absolute atomic E-state index is 0.0980. The average molecular weight is 466 g/mol. The van der Waals surface area contributed by atoms with Crippen LogP contribution in [-0.2, 0) is 13.1 Å². The molecule has 5 nitrogen and oxygen atoms in total. The molecule has 174 valence electrons. The third kappa shape index (κ3) is 4.92. The predicted molar refractivity (Wildman–Crippen MR) is 133 cm³/mol. The van der Waals surface area contributed by atoms with Crippen LogP contribution < -0.4 is 10.6 Å². The van der Waals surface area contributed by atoms with Gasteiger partial charge in [-0.3, -0.25) is 9.59 Å². The van der Waals surface area contributed by atoms with Gasteiger partial charge in [-0.05, 0) is 47.5 Å². The first-order chi connectivity index (χ1) is 17.1. The molecule has 0 bridgehead atoms. The number of carbonyl (C=O) groups is 2. The fraction of sp³-hybridized carbons (Fsp3) is 0.103. The third-order valence-corrected chi connectivity index (χ3v) is 6.05. The minimum atomic E-state index is -0.425. The molecule has 0 radical (unpaired) electrons. The van der Waals surface area contributed by atoms with Crippen molar-refractivity contribution < 1.29 is 14.0 Å². The molecule has 35 heavy (non-hydrogen) atoms. The molecular weight excluding hydrogens is 441 g/mol. The van der Waals surface area contributed by atoms with Crippen molar-refractivity contribution in [1.82, 2.24) is 10.2 Å². The van der Waals surface area contributed by atoms with E-state index in [1.807, 2.05) is 66.7 Å². The topological polar surface area (TPSA) is 61.4 Å². The molecule has 0 spiro atoms. The summed E-state index contributed by atoms with van der Waals surface area (Å²) in [5, 5.41) is 6.37. The van der Waals surface area contributed by atoms with Crippen LogP contribution in [0, 0.1) is 5.82 Å². The van der Waals surface area contributed by atoms with Crippen LogP contribution in [0.1, 0.15) is 43.6 Å². The van der Waals surface area contributed by atoms with Gasteiger partial charge in [0.2, 0.25) is 0 Å². The Balaban J connectivity index is 1.36. The van der Waals surface area contributed by atoms with Crippen LogP contribution in [0.2, 0.25) is 0 Å². The molecule has 5 rings (SSSR count). The van der Waals surface area contributed by atoms with Crippen LogP contribution in [-0.4, -0.2) is 16.7 Å². The summed E-state index contributed by atoms with van der Waals surface area (Å²) in [7, 11) is 0. The van der Waals surface area contributed by atoms with Crippen LogP contribution in [0.15, 0.2) is 103 Å². The summed E-state index contributed by atoms with van der Waals surface area (Å²) in [5.74, 6) is -0.593. The number of nitrogens with zero attached hydrogens (tertiary/aromatic N) is 1. The number of anilines is 1. The van der Waals surface area contributed by atoms with Crippen molar-refractivity contribution in [2.75, 3.05) is 5.32 Å². The second-order valence-electron chi connectivity index (χ2n) is 8.44. The molecule has 1 unspecified atom stereocenters. The quantitative estimate of drug-likeness (QED) is 0.378. The molecule has 0 aromatic heterocycles. The minimum Gasteiger partial charge on any atom is -0.361 e. The molecule has 1 aliphatic heterocycles. The first-order valence-electron chi connectivity index (χ1n) is 11.4. The molecule has 0 saturated heterocycles. The highest BCUT2D eigenvalue weighted by Gasteiger charge is 2.36. The van der Waals surface area contributed by atoms with Crippen molar-refractivity contribution in [3.05, 3.63) is 137 Å². The predicted octanol–water partition coefficient (Wildman–Crippen LogP) is 5.52. The molecule has 4 aromatic carbocycles. The highest BCUT2D eigenvalue weighted by molar-refractivity contribution is 5.99. The Morgan fingerprint density at radius 2 is 1.57 bits per heavy atom. The van der Waals surface area contributed by atoms with Gasteiger partial charge in [0.1, 0.15) is 12.0 Å². The van der Waals surface area contributed by atoms with Gasteiger partial charge in [-0.25, -0.2) is 4.39 Å². The van der Waals surface area contributed by atoms with Crippen LogP contribution in [0.3, 0.4) is 0 Å². The van der Waals surface area contributed by atoms with Gasteiger partial charge in [0.05, 0.1) is 0 Å². The maximum absolute atomic E-state index is 13.4. The van der Waals surface area contributed by atoms with Gasteiger partial charge in [-0.2, -0.15) is 0 Å². The Labute approximate surface area is 203 Å². The van der Waals surface area contributed by atoms with Gasteiger partial charge >= 0.3 is 0 Å². The van der Waals surface area contributed by atoms with E-state index in [2.05, 4.69) is 10.6 Å². The fourth-order valence-corrected chi connectivity index (χ4v) is 4.26. The number of hydrogen-bond acceptors (Lipinski definition) is 3. The Morgan fingerprint density at radius 1 is 0.829 bits per heavy atom. The SMILES string of the molecule is O=C(NCc1ccccc1)c1cccc(NC2c3ccccc3C(=O)N2Cc2ccc(F)cc2)c1. The largest absolute Gasteiger partial charge is 0.361 e. The summed E-state index contributed by atoms with van der Waals surface area (Å²) < 4.78 is 13.4. The number of carbonyl (C=O) groups excluding carboxylic acids is 2. The van der Waals surface area contributed by atoms with Crippen molar-refractivity contribution in [1.29, 1.82) is 0 Å². The van der Waals surface area contributed by atoms with E-state index in [0.29, 0.717) is 24.2 Å². The van der Waals surface area contributed by atoms with E-state index in [1.165, 1.54) is 12.1 Å². The average Bonchev–Trinajstić information content (AvgIpc) is 3.15. The summed E-state index contributed by atoms with van der Waals surface area (Å²) in [5.41, 5.74) is 4.58. The van der Waals surface area contributed by atoms with E-state index >= 15 is 0 Å². The smallest absolute Gasteiger partial charge is 0.256 e. The number of benzene rings is 4. The molecule has 4 aromatic rings. The zero-order valence-corrected chi connectivity index (χ0v) is 18.9. The highest BCUT2D eigenvalue weighted by Crippen LogP contribution is 2.35. The van der Waals surface area contributed by atoms with Crippen LogP contribution >= 0.6 is 0 Å². The molecule has 1 heterocycles. The lowest BCUT2D eigenvalue weighted by atomic mass is 10.1. The van der Waals surface area contributed by atoms with Crippen molar-refractivity contribution in [3.63, 3.8) is 0 Å². The second-order valence-corrected chi connectivity index (χ2v) is 8.44. The number of halogens is 1. The molecule has 2 N–H and O–H groups in total. The molecular formula is C29H24FN3O2. The molecule has 1 aliphatic rings. The van der Waals surface area contributed by atoms with E-state index in [0.717, 1.165) is 22.4 Å². The lowest BCUT2D eigenvalue weighted by molar-refractivity contribution is 0.0728. The molecule has 6 heteroatoms. The molecule has 2 amide bonds. The summed E-state index contributed by atoms with van der Waals surface area (Å²) >= 11 is 0. The maximum Gasteiger partial charge on any atom is 0.256 e. The van der Waals surface area contributed by atoms with Crippen molar-refractivity contribution in [2.45, 2.75) is 19.3 Å². The maximum atomic E-state index is 13.4. The third-order valence-electron chi connectivity index (χ3n) is 6.05. The Hall–Kier alpha value is -4.45. The first kappa shape index (κ1) is 22.3. The van der Waals surface area contributed by atoms with Gasteiger partial charge in [-0.15, -0.1) is 0 Å². The van der Waals surface area contributed by atoms with Crippen LogP contribution in [0.25, 0.3) is 0 Å². The first-order valence-corrected chi connectivity index (χ1v) is 11.4. The van der Waals surface area contributed by atoms with Crippen molar-refractivity contribution >= 4 is 17.5 Å². The number of fused-ring (bicyclic) bond motifs is 1. The summed E-state index contributed by atoms with van der Waals surface area (Å²) in [6.45, 7) is 0.760. The van der Waals surface area contributed by atoms with Gasteiger partial charge in [0.15, 0.2) is 0 Å². The van der Waals surface area contributed by atoms with Gasteiger partial charge < -0.3 is 15.5 Å². The fourth-order valence-electron chi connectivity index (χ4n) is 4.26. The Kier molecular flexibility index (Phi) is 6.26. The lowest BCUT2D eigenvalue weighted by Gasteiger charge is -2.27. The summed E-state index contributed by atoms with van der Waals surface area (Å²) in [6.07, 6.45) is -0.425. The van der Waals surface area contributed by atoms with E-state index in [1.54, 1.807) is 29.2 Å². The highest BCUT2D eigenvalue weighted by atomic mass is 19.1. The van der Waals surface area contributed by atoms with Gasteiger partial charge in [0, 0.05) is 35.5 Å². The van der Waals surface area contributed by atoms with Crippen molar-refractivity contribution in [3.8, 4) is 0 Å². The number of amides is 2. The Morgan fingerprint density at radius 3 is 2.37 bits per heavy atom.